The molecule has 2 heterocycles. The van der Waals surface area contributed by atoms with Gasteiger partial charge < -0.3 is 14.5 Å². The molecular weight excluding hydrogens is 300 g/mol. The summed E-state index contributed by atoms with van der Waals surface area (Å²) in [6, 6.07) is 0. The second-order valence-corrected chi connectivity index (χ2v) is 5.19. The Morgan fingerprint density at radius 1 is 1.44 bits per heavy atom. The van der Waals surface area contributed by atoms with Crippen molar-refractivity contribution >= 4 is 21.8 Å². The Bertz CT molecular complexity index is 439. The van der Waals surface area contributed by atoms with Crippen LogP contribution in [0.2, 0.25) is 0 Å². The predicted molar refractivity (Wildman–Crippen MR) is 70.0 cm³/mol. The number of nitrogens with one attached hydrogen (secondary N) is 1. The average molecular weight is 317 g/mol. The molecule has 1 saturated heterocycles. The normalized spacial score (nSPS) is 18.6. The molecule has 1 aliphatic heterocycles. The molecule has 0 spiro atoms. The maximum Gasteiger partial charge on any atom is 0.289 e. The van der Waals surface area contributed by atoms with Crippen molar-refractivity contribution in [3.8, 4) is 0 Å². The number of carbonyl (C=O) groups is 1. The van der Waals surface area contributed by atoms with Gasteiger partial charge in [-0.1, -0.05) is 15.9 Å². The number of rotatable bonds is 3. The first kappa shape index (κ1) is 13.5. The summed E-state index contributed by atoms with van der Waals surface area (Å²) < 4.78 is 10.7. The van der Waals surface area contributed by atoms with Crippen LogP contribution in [-0.2, 0) is 4.74 Å². The number of aromatic nitrogens is 1. The summed E-state index contributed by atoms with van der Waals surface area (Å²) in [5.41, 5.74) is 0.379. The number of ether oxygens (including phenoxy) is 1. The third-order valence-corrected chi connectivity index (χ3v) is 4.27. The molecule has 2 rings (SSSR count). The van der Waals surface area contributed by atoms with Crippen LogP contribution in [0.25, 0.3) is 0 Å². The van der Waals surface area contributed by atoms with Crippen molar-refractivity contribution < 1.29 is 13.9 Å². The van der Waals surface area contributed by atoms with Crippen molar-refractivity contribution in [3.05, 3.63) is 17.3 Å². The fourth-order valence-electron chi connectivity index (χ4n) is 2.09. The lowest BCUT2D eigenvalue weighted by Gasteiger charge is -2.36. The van der Waals surface area contributed by atoms with E-state index in [4.69, 9.17) is 9.15 Å². The van der Waals surface area contributed by atoms with Crippen molar-refractivity contribution in [2.75, 3.05) is 18.5 Å². The molecule has 1 fully saturated rings. The lowest BCUT2D eigenvalue weighted by atomic mass is 9.92. The molecule has 18 heavy (non-hydrogen) atoms. The monoisotopic (exact) mass is 316 g/mol. The van der Waals surface area contributed by atoms with Gasteiger partial charge in [-0.25, -0.2) is 4.98 Å². The number of alkyl halides is 1. The average Bonchev–Trinajstić information content (AvgIpc) is 2.70. The summed E-state index contributed by atoms with van der Waals surface area (Å²) >= 11 is 3.48. The smallest absolute Gasteiger partial charge is 0.289 e. The third kappa shape index (κ3) is 2.75. The zero-order chi connectivity index (χ0) is 13.2. The highest BCUT2D eigenvalue weighted by molar-refractivity contribution is 9.09. The molecule has 1 aromatic rings. The van der Waals surface area contributed by atoms with Gasteiger partial charge in [-0.2, -0.15) is 0 Å². The summed E-state index contributed by atoms with van der Waals surface area (Å²) in [5, 5.41) is 3.76. The number of halogens is 1. The van der Waals surface area contributed by atoms with E-state index in [1.807, 2.05) is 0 Å². The van der Waals surface area contributed by atoms with Crippen molar-refractivity contribution in [2.24, 2.45) is 0 Å². The molecule has 6 heteroatoms. The Hall–Kier alpha value is -0.880. The molecule has 1 aliphatic rings. The first-order valence-electron chi connectivity index (χ1n) is 5.96. The molecular formula is C12H17BrN2O3. The second-order valence-electron chi connectivity index (χ2n) is 4.63. The van der Waals surface area contributed by atoms with E-state index in [2.05, 4.69) is 26.2 Å². The Labute approximate surface area is 114 Å². The Morgan fingerprint density at radius 2 is 2.11 bits per heavy atom. The van der Waals surface area contributed by atoms with Gasteiger partial charge in [0.2, 0.25) is 5.76 Å². The van der Waals surface area contributed by atoms with Gasteiger partial charge in [-0.3, -0.25) is 4.79 Å². The minimum absolute atomic E-state index is 0.200. The maximum absolute atomic E-state index is 12.2. The van der Waals surface area contributed by atoms with Crippen molar-refractivity contribution in [1.82, 2.24) is 10.3 Å². The molecule has 1 aromatic heterocycles. The first-order valence-corrected chi connectivity index (χ1v) is 7.09. The van der Waals surface area contributed by atoms with Crippen molar-refractivity contribution in [2.45, 2.75) is 32.2 Å². The Morgan fingerprint density at radius 3 is 2.61 bits per heavy atom. The molecule has 1 N–H and O–H groups in total. The SMILES string of the molecule is Cc1nc(C)c(C(=O)NC2(CBr)CCOCC2)o1. The quantitative estimate of drug-likeness (QED) is 0.866. The number of carbonyl (C=O) groups excluding carboxylic acids is 1. The number of hydrogen-bond acceptors (Lipinski definition) is 4. The molecule has 0 atom stereocenters. The van der Waals surface area contributed by atoms with E-state index in [1.54, 1.807) is 13.8 Å². The zero-order valence-corrected chi connectivity index (χ0v) is 12.2. The summed E-state index contributed by atoms with van der Waals surface area (Å²) in [7, 11) is 0. The van der Waals surface area contributed by atoms with Gasteiger partial charge in [-0.05, 0) is 19.8 Å². The number of aryl methyl sites for hydroxylation is 2. The minimum atomic E-state index is -0.248. The summed E-state index contributed by atoms with van der Waals surface area (Å²) in [5.74, 6) is 0.617. The van der Waals surface area contributed by atoms with Crippen LogP contribution in [0.5, 0.6) is 0 Å². The fourth-order valence-corrected chi connectivity index (χ4v) is 2.79. The highest BCUT2D eigenvalue weighted by atomic mass is 79.9. The van der Waals surface area contributed by atoms with Crippen LogP contribution in [-0.4, -0.2) is 35.0 Å². The molecule has 0 aromatic carbocycles. The molecule has 1 amide bonds. The van der Waals surface area contributed by atoms with Crippen molar-refractivity contribution in [3.63, 3.8) is 0 Å². The topological polar surface area (TPSA) is 64.4 Å². The molecule has 0 saturated carbocycles. The van der Waals surface area contributed by atoms with E-state index in [0.717, 1.165) is 12.8 Å². The van der Waals surface area contributed by atoms with Gasteiger partial charge in [0, 0.05) is 25.5 Å². The van der Waals surface area contributed by atoms with E-state index >= 15 is 0 Å². The third-order valence-electron chi connectivity index (χ3n) is 3.19. The van der Waals surface area contributed by atoms with Crippen LogP contribution in [0, 0.1) is 13.8 Å². The van der Waals surface area contributed by atoms with Crippen LogP contribution in [0.3, 0.4) is 0 Å². The van der Waals surface area contributed by atoms with Gasteiger partial charge in [0.1, 0.15) is 0 Å². The molecule has 100 valence electrons. The largest absolute Gasteiger partial charge is 0.436 e. The van der Waals surface area contributed by atoms with E-state index in [0.29, 0.717) is 35.9 Å². The van der Waals surface area contributed by atoms with Gasteiger partial charge in [0.15, 0.2) is 5.89 Å². The highest BCUT2D eigenvalue weighted by Crippen LogP contribution is 2.24. The molecule has 0 aliphatic carbocycles. The molecule has 0 bridgehead atoms. The van der Waals surface area contributed by atoms with Gasteiger partial charge >= 0.3 is 0 Å². The highest BCUT2D eigenvalue weighted by Gasteiger charge is 2.34. The van der Waals surface area contributed by atoms with E-state index in [9.17, 15) is 4.79 Å². The predicted octanol–water partition coefficient (Wildman–Crippen LogP) is 1.97. The van der Waals surface area contributed by atoms with Gasteiger partial charge in [0.05, 0.1) is 11.2 Å². The Kier molecular flexibility index (Phi) is 4.07. The van der Waals surface area contributed by atoms with Crippen LogP contribution in [0.4, 0.5) is 0 Å². The van der Waals surface area contributed by atoms with Crippen LogP contribution in [0.1, 0.15) is 35.0 Å². The lowest BCUT2D eigenvalue weighted by Crippen LogP contribution is -2.53. The number of oxazole rings is 1. The maximum atomic E-state index is 12.2. The number of hydrogen-bond donors (Lipinski definition) is 1. The molecule has 0 unspecified atom stereocenters. The van der Waals surface area contributed by atoms with E-state index < -0.39 is 0 Å². The number of amides is 1. The van der Waals surface area contributed by atoms with E-state index in [-0.39, 0.29) is 11.4 Å². The molecule has 5 nitrogen and oxygen atoms in total. The lowest BCUT2D eigenvalue weighted by molar-refractivity contribution is 0.0432. The number of nitrogens with zero attached hydrogens (tertiary/aromatic N) is 1. The standard InChI is InChI=1S/C12H17BrN2O3/c1-8-10(18-9(2)14-8)11(16)15-12(7-13)3-5-17-6-4-12/h3-7H2,1-2H3,(H,15,16). The summed E-state index contributed by atoms with van der Waals surface area (Å²) in [6.45, 7) is 4.84. The summed E-state index contributed by atoms with van der Waals surface area (Å²) in [6.07, 6.45) is 1.60. The van der Waals surface area contributed by atoms with Crippen molar-refractivity contribution in [1.29, 1.82) is 0 Å². The van der Waals surface area contributed by atoms with Crippen LogP contribution >= 0.6 is 15.9 Å². The second kappa shape index (κ2) is 5.40. The molecule has 0 radical (unpaired) electrons. The van der Waals surface area contributed by atoms with Gasteiger partial charge in [0.25, 0.3) is 5.91 Å². The van der Waals surface area contributed by atoms with Gasteiger partial charge in [-0.15, -0.1) is 0 Å². The minimum Gasteiger partial charge on any atom is -0.436 e. The van der Waals surface area contributed by atoms with Crippen LogP contribution in [0.15, 0.2) is 4.42 Å². The van der Waals surface area contributed by atoms with E-state index in [1.165, 1.54) is 0 Å². The Balaban J connectivity index is 2.12. The zero-order valence-electron chi connectivity index (χ0n) is 10.6. The van der Waals surface area contributed by atoms with Crippen LogP contribution < -0.4 is 5.32 Å². The first-order chi connectivity index (χ1) is 8.56. The fraction of sp³-hybridized carbons (Fsp3) is 0.667. The summed E-state index contributed by atoms with van der Waals surface area (Å²) in [4.78, 5) is 16.3.